The molecule has 0 spiro atoms. The van der Waals surface area contributed by atoms with Gasteiger partial charge in [0.25, 0.3) is 5.56 Å². The van der Waals surface area contributed by atoms with Crippen molar-refractivity contribution in [2.75, 3.05) is 5.32 Å². The van der Waals surface area contributed by atoms with Crippen LogP contribution in [-0.2, 0) is 13.2 Å². The Hall–Kier alpha value is -1.80. The molecule has 5 nitrogen and oxygen atoms in total. The standard InChI is InChI=1S/C11H7Cl2F3N4O/c1-20-7(21)4-6(11(14,15)16)18-10(20)19-9-8(13)5(12)2-3-17-9/h2-4H,1H3,(H,17,18,19). The Morgan fingerprint density at radius 3 is 2.62 bits per heavy atom. The summed E-state index contributed by atoms with van der Waals surface area (Å²) in [4.78, 5) is 18.7. The maximum Gasteiger partial charge on any atom is 0.433 e. The predicted octanol–water partition coefficient (Wildman–Crippen LogP) is 3.24. The Morgan fingerprint density at radius 2 is 2.00 bits per heavy atom. The highest BCUT2D eigenvalue weighted by atomic mass is 35.5. The molecule has 0 saturated heterocycles. The molecule has 0 atom stereocenters. The second kappa shape index (κ2) is 5.53. The third-order valence-corrected chi connectivity index (χ3v) is 3.29. The van der Waals surface area contributed by atoms with Crippen molar-refractivity contribution in [1.29, 1.82) is 0 Å². The first kappa shape index (κ1) is 15.6. The number of hydrogen-bond donors (Lipinski definition) is 1. The van der Waals surface area contributed by atoms with Crippen LogP contribution in [0.1, 0.15) is 5.69 Å². The monoisotopic (exact) mass is 338 g/mol. The Bertz CT molecular complexity index is 745. The van der Waals surface area contributed by atoms with Crippen LogP contribution in [0.25, 0.3) is 0 Å². The van der Waals surface area contributed by atoms with Gasteiger partial charge in [-0.15, -0.1) is 0 Å². The van der Waals surface area contributed by atoms with Gasteiger partial charge in [0.2, 0.25) is 5.95 Å². The maximum absolute atomic E-state index is 12.7. The number of pyridine rings is 1. The normalized spacial score (nSPS) is 11.5. The van der Waals surface area contributed by atoms with Crippen molar-refractivity contribution >= 4 is 35.0 Å². The molecule has 21 heavy (non-hydrogen) atoms. The van der Waals surface area contributed by atoms with E-state index in [9.17, 15) is 18.0 Å². The minimum Gasteiger partial charge on any atom is -0.309 e. The van der Waals surface area contributed by atoms with Crippen LogP contribution in [0.3, 0.4) is 0 Å². The fraction of sp³-hybridized carbons (Fsp3) is 0.182. The van der Waals surface area contributed by atoms with Crippen LogP contribution in [-0.4, -0.2) is 14.5 Å². The number of halogens is 5. The van der Waals surface area contributed by atoms with Crippen molar-refractivity contribution < 1.29 is 13.2 Å². The Morgan fingerprint density at radius 1 is 1.33 bits per heavy atom. The zero-order valence-electron chi connectivity index (χ0n) is 10.4. The summed E-state index contributed by atoms with van der Waals surface area (Å²) in [5.74, 6) is -0.363. The number of aromatic nitrogens is 3. The molecule has 0 saturated carbocycles. The van der Waals surface area contributed by atoms with Gasteiger partial charge in [-0.25, -0.2) is 9.97 Å². The van der Waals surface area contributed by atoms with Gasteiger partial charge in [0, 0.05) is 19.3 Å². The number of alkyl halides is 3. The molecular formula is C11H7Cl2F3N4O. The Balaban J connectivity index is 2.52. The topological polar surface area (TPSA) is 59.8 Å². The number of hydrogen-bond acceptors (Lipinski definition) is 4. The minimum absolute atomic E-state index is 0.00540. The fourth-order valence-electron chi connectivity index (χ4n) is 1.41. The van der Waals surface area contributed by atoms with Gasteiger partial charge in [-0.05, 0) is 6.07 Å². The van der Waals surface area contributed by atoms with Gasteiger partial charge in [-0.3, -0.25) is 9.36 Å². The SMILES string of the molecule is Cn1c(Nc2nccc(Cl)c2Cl)nc(C(F)(F)F)cc1=O. The summed E-state index contributed by atoms with van der Waals surface area (Å²) < 4.78 is 38.9. The zero-order valence-corrected chi connectivity index (χ0v) is 11.9. The van der Waals surface area contributed by atoms with Gasteiger partial charge >= 0.3 is 6.18 Å². The van der Waals surface area contributed by atoms with Gasteiger partial charge in [-0.1, -0.05) is 23.2 Å². The Labute approximate surface area is 126 Å². The summed E-state index contributed by atoms with van der Waals surface area (Å²) >= 11 is 11.6. The molecule has 112 valence electrons. The molecule has 2 heterocycles. The van der Waals surface area contributed by atoms with Crippen LogP contribution in [0.4, 0.5) is 24.9 Å². The second-order valence-electron chi connectivity index (χ2n) is 3.94. The summed E-state index contributed by atoms with van der Waals surface area (Å²) in [6, 6.07) is 1.81. The molecule has 0 aliphatic heterocycles. The molecule has 0 unspecified atom stereocenters. The first-order valence-electron chi connectivity index (χ1n) is 5.42. The van der Waals surface area contributed by atoms with Crippen molar-refractivity contribution in [2.45, 2.75) is 6.18 Å². The van der Waals surface area contributed by atoms with E-state index in [4.69, 9.17) is 23.2 Å². The lowest BCUT2D eigenvalue weighted by Crippen LogP contribution is -2.24. The number of rotatable bonds is 2. The lowest BCUT2D eigenvalue weighted by atomic mass is 10.4. The van der Waals surface area contributed by atoms with E-state index in [1.54, 1.807) is 0 Å². The molecule has 0 aliphatic carbocycles. The average Bonchev–Trinajstić information content (AvgIpc) is 2.38. The number of anilines is 2. The summed E-state index contributed by atoms with van der Waals surface area (Å²) in [5.41, 5.74) is -2.19. The van der Waals surface area contributed by atoms with Crippen LogP contribution in [0.5, 0.6) is 0 Å². The van der Waals surface area contributed by atoms with E-state index >= 15 is 0 Å². The van der Waals surface area contributed by atoms with Crippen molar-refractivity contribution in [3.05, 3.63) is 44.4 Å². The van der Waals surface area contributed by atoms with E-state index in [-0.39, 0.29) is 21.8 Å². The molecule has 2 rings (SSSR count). The third kappa shape index (κ3) is 3.27. The molecule has 2 aromatic rings. The largest absolute Gasteiger partial charge is 0.433 e. The summed E-state index contributed by atoms with van der Waals surface area (Å²) in [5, 5.41) is 2.62. The van der Waals surface area contributed by atoms with Crippen LogP contribution in [0.2, 0.25) is 10.0 Å². The summed E-state index contributed by atoms with van der Waals surface area (Å²) in [7, 11) is 1.26. The smallest absolute Gasteiger partial charge is 0.309 e. The van der Waals surface area contributed by atoms with E-state index in [1.165, 1.54) is 19.3 Å². The molecule has 0 bridgehead atoms. The number of nitrogens with zero attached hydrogens (tertiary/aromatic N) is 3. The molecular weight excluding hydrogens is 332 g/mol. The van der Waals surface area contributed by atoms with E-state index in [2.05, 4.69) is 15.3 Å². The molecule has 0 radical (unpaired) electrons. The summed E-state index contributed by atoms with van der Waals surface area (Å²) in [6.45, 7) is 0. The predicted molar refractivity (Wildman–Crippen MR) is 72.0 cm³/mol. The van der Waals surface area contributed by atoms with Crippen molar-refractivity contribution in [2.24, 2.45) is 7.05 Å². The molecule has 1 N–H and O–H groups in total. The molecule has 0 aromatic carbocycles. The van der Waals surface area contributed by atoms with Crippen LogP contribution >= 0.6 is 23.2 Å². The molecule has 0 amide bonds. The van der Waals surface area contributed by atoms with Crippen LogP contribution < -0.4 is 10.9 Å². The summed E-state index contributed by atoms with van der Waals surface area (Å²) in [6.07, 6.45) is -3.43. The van der Waals surface area contributed by atoms with E-state index in [1.807, 2.05) is 0 Å². The van der Waals surface area contributed by atoms with Crippen molar-refractivity contribution in [1.82, 2.24) is 14.5 Å². The average molecular weight is 339 g/mol. The third-order valence-electron chi connectivity index (χ3n) is 2.50. The maximum atomic E-state index is 12.7. The highest BCUT2D eigenvalue weighted by Crippen LogP contribution is 2.30. The van der Waals surface area contributed by atoms with Crippen LogP contribution in [0, 0.1) is 0 Å². The molecule has 2 aromatic heterocycles. The fourth-order valence-corrected chi connectivity index (χ4v) is 1.71. The lowest BCUT2D eigenvalue weighted by molar-refractivity contribution is -0.141. The van der Waals surface area contributed by atoms with Crippen molar-refractivity contribution in [3.63, 3.8) is 0 Å². The van der Waals surface area contributed by atoms with Gasteiger partial charge in [0.1, 0.15) is 5.02 Å². The van der Waals surface area contributed by atoms with Crippen molar-refractivity contribution in [3.8, 4) is 0 Å². The quantitative estimate of drug-likeness (QED) is 0.913. The molecule has 0 fully saturated rings. The Kier molecular flexibility index (Phi) is 4.11. The minimum atomic E-state index is -4.74. The van der Waals surface area contributed by atoms with E-state index < -0.39 is 17.4 Å². The van der Waals surface area contributed by atoms with Gasteiger partial charge in [-0.2, -0.15) is 13.2 Å². The zero-order chi connectivity index (χ0) is 15.8. The van der Waals surface area contributed by atoms with Gasteiger partial charge in [0.15, 0.2) is 11.5 Å². The highest BCUT2D eigenvalue weighted by Gasteiger charge is 2.34. The van der Waals surface area contributed by atoms with Crippen LogP contribution in [0.15, 0.2) is 23.1 Å². The van der Waals surface area contributed by atoms with E-state index in [0.717, 1.165) is 4.57 Å². The lowest BCUT2D eigenvalue weighted by Gasteiger charge is -2.13. The first-order chi connectivity index (χ1) is 9.70. The number of nitrogens with one attached hydrogen (secondary N) is 1. The van der Waals surface area contributed by atoms with Gasteiger partial charge in [0.05, 0.1) is 5.02 Å². The molecule has 0 aliphatic rings. The first-order valence-corrected chi connectivity index (χ1v) is 6.18. The van der Waals surface area contributed by atoms with Gasteiger partial charge < -0.3 is 5.32 Å². The highest BCUT2D eigenvalue weighted by molar-refractivity contribution is 6.43. The van der Waals surface area contributed by atoms with E-state index in [0.29, 0.717) is 6.07 Å². The molecule has 10 heteroatoms. The second-order valence-corrected chi connectivity index (χ2v) is 4.73.